The van der Waals surface area contributed by atoms with E-state index in [0.29, 0.717) is 0 Å². The Labute approximate surface area is 101 Å². The number of hydrogen-bond acceptors (Lipinski definition) is 2. The van der Waals surface area contributed by atoms with Crippen molar-refractivity contribution < 1.29 is 0 Å². The van der Waals surface area contributed by atoms with E-state index in [4.69, 9.17) is 0 Å². The minimum atomic E-state index is 0.805. The summed E-state index contributed by atoms with van der Waals surface area (Å²) in [4.78, 5) is 2.69. The molecule has 0 atom stereocenters. The summed E-state index contributed by atoms with van der Waals surface area (Å²) >= 11 is 0. The quantitative estimate of drug-likeness (QED) is 0.635. The Morgan fingerprint density at radius 2 is 1.94 bits per heavy atom. The van der Waals surface area contributed by atoms with E-state index in [9.17, 15) is 0 Å². The number of piperidine rings is 1. The third-order valence-electron chi connectivity index (χ3n) is 3.32. The van der Waals surface area contributed by atoms with E-state index in [0.717, 1.165) is 32.2 Å². The Kier molecular flexibility index (Phi) is 7.81. The van der Waals surface area contributed by atoms with Gasteiger partial charge in [-0.15, -0.1) is 0 Å². The molecule has 0 aromatic heterocycles. The van der Waals surface area contributed by atoms with Crippen LogP contribution < -0.4 is 10.6 Å². The maximum absolute atomic E-state index is 4.44. The molecule has 1 rings (SSSR count). The smallest absolute Gasteiger partial charge is 0.0148 e. The van der Waals surface area contributed by atoms with Gasteiger partial charge in [-0.3, -0.25) is 0 Å². The molecule has 0 saturated carbocycles. The van der Waals surface area contributed by atoms with Gasteiger partial charge in [0.1, 0.15) is 0 Å². The predicted molar refractivity (Wildman–Crippen MR) is 69.9 cm³/mol. The zero-order valence-corrected chi connectivity index (χ0v) is 11.0. The normalized spacial score (nSPS) is 18.2. The number of rotatable bonds is 8. The largest absolute Gasteiger partial charge is 0.317 e. The van der Waals surface area contributed by atoms with Gasteiger partial charge in [-0.2, -0.15) is 0 Å². The van der Waals surface area contributed by atoms with Crippen LogP contribution in [0.25, 0.3) is 0 Å². The minimum Gasteiger partial charge on any atom is -0.317 e. The highest BCUT2D eigenvalue weighted by Crippen LogP contribution is 2.13. The topological polar surface area (TPSA) is 29.4 Å². The van der Waals surface area contributed by atoms with Gasteiger partial charge in [0.05, 0.1) is 0 Å². The van der Waals surface area contributed by atoms with Gasteiger partial charge in [0, 0.05) is 19.1 Å². The molecule has 0 aromatic carbocycles. The number of nitrogens with zero attached hydrogens (tertiary/aromatic N) is 2. The molecule has 1 N–H and O–H groups in total. The van der Waals surface area contributed by atoms with Gasteiger partial charge in [-0.25, -0.2) is 5.32 Å². The minimum absolute atomic E-state index is 0.805. The Bertz CT molecular complexity index is 155. The Balaban J connectivity index is 2.22. The summed E-state index contributed by atoms with van der Waals surface area (Å²) in [5.74, 6) is 0. The Morgan fingerprint density at radius 3 is 2.56 bits per heavy atom. The van der Waals surface area contributed by atoms with Crippen LogP contribution in [0.2, 0.25) is 0 Å². The molecule has 0 unspecified atom stereocenters. The predicted octanol–water partition coefficient (Wildman–Crippen LogP) is 1.46. The second-order valence-corrected chi connectivity index (χ2v) is 4.65. The summed E-state index contributed by atoms with van der Waals surface area (Å²) in [7, 11) is 0. The van der Waals surface area contributed by atoms with Crippen LogP contribution >= 0.6 is 0 Å². The summed E-state index contributed by atoms with van der Waals surface area (Å²) in [5, 5.41) is 7.84. The zero-order valence-electron chi connectivity index (χ0n) is 11.0. The van der Waals surface area contributed by atoms with Crippen molar-refractivity contribution >= 4 is 0 Å². The molecular formula is C13H28N3. The molecule has 1 radical (unpaired) electrons. The maximum atomic E-state index is 4.44. The molecule has 0 aromatic rings. The lowest BCUT2D eigenvalue weighted by Gasteiger charge is -2.34. The third-order valence-corrected chi connectivity index (χ3v) is 3.32. The van der Waals surface area contributed by atoms with Crippen LogP contribution in [-0.4, -0.2) is 50.2 Å². The van der Waals surface area contributed by atoms with Crippen LogP contribution in [0.5, 0.6) is 0 Å². The Morgan fingerprint density at radius 1 is 1.19 bits per heavy atom. The molecule has 0 spiro atoms. The highest BCUT2D eigenvalue weighted by atomic mass is 15.2. The van der Waals surface area contributed by atoms with Crippen LogP contribution in [0, 0.1) is 0 Å². The van der Waals surface area contributed by atoms with Gasteiger partial charge in [-0.1, -0.05) is 13.8 Å². The van der Waals surface area contributed by atoms with Crippen LogP contribution in [0.4, 0.5) is 0 Å². The molecule has 0 bridgehead atoms. The zero-order chi connectivity index (χ0) is 11.6. The molecule has 16 heavy (non-hydrogen) atoms. The average Bonchev–Trinajstić information content (AvgIpc) is 2.34. The fourth-order valence-corrected chi connectivity index (χ4v) is 2.45. The second-order valence-electron chi connectivity index (χ2n) is 4.65. The fourth-order valence-electron chi connectivity index (χ4n) is 2.45. The first-order chi connectivity index (χ1) is 7.88. The molecule has 3 nitrogen and oxygen atoms in total. The first-order valence-electron chi connectivity index (χ1n) is 6.96. The Hall–Kier alpha value is -0.120. The summed E-state index contributed by atoms with van der Waals surface area (Å²) < 4.78 is 0. The van der Waals surface area contributed by atoms with E-state index in [1.54, 1.807) is 0 Å². The van der Waals surface area contributed by atoms with E-state index in [-0.39, 0.29) is 0 Å². The SMILES string of the molecule is CCCN(CCCNCC)C1CC[N]CC1. The molecule has 0 aliphatic carbocycles. The van der Waals surface area contributed by atoms with Crippen LogP contribution in [0.15, 0.2) is 0 Å². The lowest BCUT2D eigenvalue weighted by molar-refractivity contribution is 0.159. The molecule has 0 amide bonds. The standard InChI is InChI=1S/C13H28N3/c1-3-11-16(12-5-8-14-4-2)13-6-9-15-10-7-13/h13-14H,3-12H2,1-2H3. The second kappa shape index (κ2) is 8.97. The number of hydrogen-bond donors (Lipinski definition) is 1. The summed E-state index contributed by atoms with van der Waals surface area (Å²) in [5.41, 5.74) is 0. The molecule has 1 saturated heterocycles. The highest BCUT2D eigenvalue weighted by molar-refractivity contribution is 4.77. The van der Waals surface area contributed by atoms with E-state index < -0.39 is 0 Å². The van der Waals surface area contributed by atoms with Gasteiger partial charge in [-0.05, 0) is 51.9 Å². The van der Waals surface area contributed by atoms with Crippen molar-refractivity contribution in [1.29, 1.82) is 0 Å². The molecule has 1 aliphatic heterocycles. The van der Waals surface area contributed by atoms with Gasteiger partial charge in [0.15, 0.2) is 0 Å². The molecule has 1 aliphatic rings. The molecule has 95 valence electrons. The van der Waals surface area contributed by atoms with E-state index in [1.165, 1.54) is 38.8 Å². The van der Waals surface area contributed by atoms with Gasteiger partial charge in [0.2, 0.25) is 0 Å². The van der Waals surface area contributed by atoms with Crippen LogP contribution in [0.1, 0.15) is 39.5 Å². The van der Waals surface area contributed by atoms with E-state index in [2.05, 4.69) is 29.4 Å². The fraction of sp³-hybridized carbons (Fsp3) is 1.00. The molecule has 1 fully saturated rings. The van der Waals surface area contributed by atoms with Crippen LogP contribution in [0.3, 0.4) is 0 Å². The lowest BCUT2D eigenvalue weighted by atomic mass is 10.0. The van der Waals surface area contributed by atoms with Gasteiger partial charge in [0.25, 0.3) is 0 Å². The average molecular weight is 226 g/mol. The van der Waals surface area contributed by atoms with Crippen molar-refractivity contribution in [3.8, 4) is 0 Å². The van der Waals surface area contributed by atoms with Crippen LogP contribution in [-0.2, 0) is 0 Å². The van der Waals surface area contributed by atoms with Crippen molar-refractivity contribution in [2.75, 3.05) is 39.3 Å². The molecule has 3 heteroatoms. The lowest BCUT2D eigenvalue weighted by Crippen LogP contribution is -2.42. The maximum Gasteiger partial charge on any atom is 0.0148 e. The summed E-state index contributed by atoms with van der Waals surface area (Å²) in [6, 6.07) is 0.805. The summed E-state index contributed by atoms with van der Waals surface area (Å²) in [6.07, 6.45) is 5.11. The summed E-state index contributed by atoms with van der Waals surface area (Å²) in [6.45, 7) is 11.4. The number of nitrogens with one attached hydrogen (secondary N) is 1. The third kappa shape index (κ3) is 5.28. The van der Waals surface area contributed by atoms with E-state index >= 15 is 0 Å². The van der Waals surface area contributed by atoms with Crippen molar-refractivity contribution in [2.45, 2.75) is 45.6 Å². The first kappa shape index (κ1) is 13.9. The van der Waals surface area contributed by atoms with Crippen molar-refractivity contribution in [3.05, 3.63) is 0 Å². The van der Waals surface area contributed by atoms with Gasteiger partial charge >= 0.3 is 0 Å². The van der Waals surface area contributed by atoms with E-state index in [1.807, 2.05) is 0 Å². The van der Waals surface area contributed by atoms with Crippen molar-refractivity contribution in [1.82, 2.24) is 15.5 Å². The first-order valence-corrected chi connectivity index (χ1v) is 6.96. The highest BCUT2D eigenvalue weighted by Gasteiger charge is 2.19. The molecular weight excluding hydrogens is 198 g/mol. The van der Waals surface area contributed by atoms with Crippen molar-refractivity contribution in [3.63, 3.8) is 0 Å². The van der Waals surface area contributed by atoms with Crippen molar-refractivity contribution in [2.24, 2.45) is 0 Å². The van der Waals surface area contributed by atoms with Gasteiger partial charge < -0.3 is 10.2 Å². The monoisotopic (exact) mass is 226 g/mol. The molecule has 1 heterocycles.